The van der Waals surface area contributed by atoms with E-state index in [2.05, 4.69) is 12.1 Å². The van der Waals surface area contributed by atoms with E-state index in [1.807, 2.05) is 30.3 Å². The van der Waals surface area contributed by atoms with Crippen molar-refractivity contribution in [1.82, 2.24) is 0 Å². The van der Waals surface area contributed by atoms with Gasteiger partial charge in [0.05, 0.1) is 7.11 Å². The first-order valence-corrected chi connectivity index (χ1v) is 7.68. The molecule has 0 amide bonds. The number of hydrogen-bond donors (Lipinski definition) is 0. The minimum absolute atomic E-state index is 0.353. The molecule has 24 heavy (non-hydrogen) atoms. The van der Waals surface area contributed by atoms with Crippen molar-refractivity contribution in [3.63, 3.8) is 0 Å². The summed E-state index contributed by atoms with van der Waals surface area (Å²) in [7, 11) is 1.56. The van der Waals surface area contributed by atoms with Gasteiger partial charge in [0.15, 0.2) is 11.5 Å². The molecular weight excluding hydrogens is 304 g/mol. The van der Waals surface area contributed by atoms with E-state index in [-0.39, 0.29) is 0 Å². The third-order valence-electron chi connectivity index (χ3n) is 3.65. The zero-order chi connectivity index (χ0) is 16.8. The van der Waals surface area contributed by atoms with Crippen molar-refractivity contribution in [3.05, 3.63) is 66.2 Å². The number of rotatable bonds is 7. The summed E-state index contributed by atoms with van der Waals surface area (Å²) >= 11 is 0. The summed E-state index contributed by atoms with van der Waals surface area (Å²) < 4.78 is 16.6. The van der Waals surface area contributed by atoms with Crippen LogP contribution in [0.2, 0.25) is 0 Å². The van der Waals surface area contributed by atoms with Gasteiger partial charge in [-0.1, -0.05) is 30.3 Å². The third-order valence-corrected chi connectivity index (χ3v) is 3.65. The highest BCUT2D eigenvalue weighted by atomic mass is 16.5. The van der Waals surface area contributed by atoms with Gasteiger partial charge in [-0.15, -0.1) is 0 Å². The number of aldehydes is 1. The Labute approximate surface area is 140 Å². The maximum atomic E-state index is 10.9. The van der Waals surface area contributed by atoms with Crippen LogP contribution in [0.25, 0.3) is 10.8 Å². The molecule has 3 rings (SSSR count). The van der Waals surface area contributed by atoms with Gasteiger partial charge in [-0.3, -0.25) is 4.79 Å². The second-order valence-corrected chi connectivity index (χ2v) is 5.23. The molecule has 0 atom stereocenters. The van der Waals surface area contributed by atoms with E-state index in [1.54, 1.807) is 25.3 Å². The van der Waals surface area contributed by atoms with Crippen LogP contribution >= 0.6 is 0 Å². The third kappa shape index (κ3) is 3.66. The van der Waals surface area contributed by atoms with Gasteiger partial charge >= 0.3 is 0 Å². The largest absolute Gasteiger partial charge is 0.493 e. The van der Waals surface area contributed by atoms with Gasteiger partial charge in [-0.05, 0) is 41.1 Å². The van der Waals surface area contributed by atoms with Crippen molar-refractivity contribution in [2.75, 3.05) is 20.3 Å². The Kier molecular flexibility index (Phi) is 4.96. The number of carbonyl (C=O) groups is 1. The van der Waals surface area contributed by atoms with Crippen molar-refractivity contribution in [3.8, 4) is 17.2 Å². The van der Waals surface area contributed by atoms with E-state index in [1.165, 1.54) is 5.39 Å². The second kappa shape index (κ2) is 7.51. The van der Waals surface area contributed by atoms with E-state index in [4.69, 9.17) is 14.2 Å². The van der Waals surface area contributed by atoms with Crippen LogP contribution in [0, 0.1) is 0 Å². The standard InChI is InChI=1S/C20H18O4/c1-22-19-9-6-15(14-21)12-20(19)24-11-10-23-18-8-7-16-4-2-3-5-17(16)13-18/h2-9,12-14H,10-11H2,1H3. The number of fused-ring (bicyclic) bond motifs is 1. The first-order chi connectivity index (χ1) is 11.8. The van der Waals surface area contributed by atoms with Crippen LogP contribution in [0.15, 0.2) is 60.7 Å². The lowest BCUT2D eigenvalue weighted by molar-refractivity contribution is 0.112. The number of hydrogen-bond acceptors (Lipinski definition) is 4. The Hall–Kier alpha value is -3.01. The first-order valence-electron chi connectivity index (χ1n) is 7.68. The van der Waals surface area contributed by atoms with E-state index in [0.717, 1.165) is 17.4 Å². The summed E-state index contributed by atoms with van der Waals surface area (Å²) in [5, 5.41) is 2.31. The molecule has 0 radical (unpaired) electrons. The molecule has 0 saturated heterocycles. The summed E-state index contributed by atoms with van der Waals surface area (Å²) in [6.45, 7) is 0.748. The van der Waals surface area contributed by atoms with E-state index in [0.29, 0.717) is 30.3 Å². The molecule has 3 aromatic carbocycles. The lowest BCUT2D eigenvalue weighted by Gasteiger charge is -2.12. The van der Waals surface area contributed by atoms with Crippen LogP contribution in [0.4, 0.5) is 0 Å². The summed E-state index contributed by atoms with van der Waals surface area (Å²) in [5.74, 6) is 1.92. The molecule has 0 aromatic heterocycles. The number of ether oxygens (including phenoxy) is 3. The molecule has 3 aromatic rings. The second-order valence-electron chi connectivity index (χ2n) is 5.23. The van der Waals surface area contributed by atoms with Gasteiger partial charge in [0.1, 0.15) is 25.2 Å². The van der Waals surface area contributed by atoms with Gasteiger partial charge in [0, 0.05) is 5.56 Å². The van der Waals surface area contributed by atoms with Crippen LogP contribution < -0.4 is 14.2 Å². The minimum atomic E-state index is 0.353. The summed E-state index contributed by atoms with van der Waals surface area (Å²) in [6, 6.07) is 19.2. The molecule has 0 unspecified atom stereocenters. The SMILES string of the molecule is COc1ccc(C=O)cc1OCCOc1ccc2ccccc2c1. The molecule has 0 aliphatic rings. The van der Waals surface area contributed by atoms with Crippen LogP contribution in [0.1, 0.15) is 10.4 Å². The van der Waals surface area contributed by atoms with Crippen LogP contribution in [0.3, 0.4) is 0 Å². The molecule has 0 saturated carbocycles. The molecule has 0 heterocycles. The molecule has 4 heteroatoms. The molecule has 0 aliphatic carbocycles. The normalized spacial score (nSPS) is 10.4. The highest BCUT2D eigenvalue weighted by Gasteiger charge is 2.06. The lowest BCUT2D eigenvalue weighted by Crippen LogP contribution is -2.09. The highest BCUT2D eigenvalue weighted by molar-refractivity contribution is 5.83. The summed E-state index contributed by atoms with van der Waals surface area (Å²) in [4.78, 5) is 10.9. The molecule has 0 fully saturated rings. The quantitative estimate of drug-likeness (QED) is 0.485. The lowest BCUT2D eigenvalue weighted by atomic mass is 10.1. The molecular formula is C20H18O4. The van der Waals surface area contributed by atoms with E-state index in [9.17, 15) is 4.79 Å². The Balaban J connectivity index is 1.59. The fraction of sp³-hybridized carbons (Fsp3) is 0.150. The van der Waals surface area contributed by atoms with Gasteiger partial charge < -0.3 is 14.2 Å². The molecule has 122 valence electrons. The molecule has 4 nitrogen and oxygen atoms in total. The zero-order valence-electron chi connectivity index (χ0n) is 13.4. The zero-order valence-corrected chi connectivity index (χ0v) is 13.4. The van der Waals surface area contributed by atoms with Gasteiger partial charge in [0.2, 0.25) is 0 Å². The maximum Gasteiger partial charge on any atom is 0.162 e. The van der Waals surface area contributed by atoms with E-state index >= 15 is 0 Å². The molecule has 0 bridgehead atoms. The average molecular weight is 322 g/mol. The average Bonchev–Trinajstić information content (AvgIpc) is 2.65. The van der Waals surface area contributed by atoms with Crippen molar-refractivity contribution in [1.29, 1.82) is 0 Å². The minimum Gasteiger partial charge on any atom is -0.493 e. The molecule has 0 N–H and O–H groups in total. The Morgan fingerprint density at radius 2 is 1.62 bits per heavy atom. The summed E-state index contributed by atoms with van der Waals surface area (Å²) in [6.07, 6.45) is 0.776. The number of benzene rings is 3. The highest BCUT2D eigenvalue weighted by Crippen LogP contribution is 2.27. The first kappa shape index (κ1) is 15.9. The van der Waals surface area contributed by atoms with Crippen molar-refractivity contribution in [2.24, 2.45) is 0 Å². The smallest absolute Gasteiger partial charge is 0.162 e. The predicted octanol–water partition coefficient (Wildman–Crippen LogP) is 4.12. The Morgan fingerprint density at radius 3 is 2.42 bits per heavy atom. The fourth-order valence-corrected chi connectivity index (χ4v) is 2.45. The predicted molar refractivity (Wildman–Crippen MR) is 93.3 cm³/mol. The van der Waals surface area contributed by atoms with Crippen molar-refractivity contribution in [2.45, 2.75) is 0 Å². The topological polar surface area (TPSA) is 44.8 Å². The Morgan fingerprint density at radius 1 is 0.833 bits per heavy atom. The van der Waals surface area contributed by atoms with E-state index < -0.39 is 0 Å². The van der Waals surface area contributed by atoms with Crippen LogP contribution in [-0.2, 0) is 0 Å². The number of methoxy groups -OCH3 is 1. The van der Waals surface area contributed by atoms with Gasteiger partial charge in [-0.25, -0.2) is 0 Å². The number of carbonyl (C=O) groups excluding carboxylic acids is 1. The molecule has 0 spiro atoms. The van der Waals surface area contributed by atoms with Gasteiger partial charge in [0.25, 0.3) is 0 Å². The van der Waals surface area contributed by atoms with Crippen molar-refractivity contribution >= 4 is 17.1 Å². The Bertz CT molecular complexity index is 842. The molecule has 0 aliphatic heterocycles. The summed E-state index contributed by atoms with van der Waals surface area (Å²) in [5.41, 5.74) is 0.543. The van der Waals surface area contributed by atoms with Gasteiger partial charge in [-0.2, -0.15) is 0 Å². The van der Waals surface area contributed by atoms with Crippen molar-refractivity contribution < 1.29 is 19.0 Å². The maximum absolute atomic E-state index is 10.9. The monoisotopic (exact) mass is 322 g/mol. The van der Waals surface area contributed by atoms with Crippen LogP contribution in [0.5, 0.6) is 17.2 Å². The fourth-order valence-electron chi connectivity index (χ4n) is 2.45. The van der Waals surface area contributed by atoms with Crippen LogP contribution in [-0.4, -0.2) is 26.6 Å².